The first-order valence-electron chi connectivity index (χ1n) is 7.78. The smallest absolute Gasteiger partial charge is 0.253 e. The topological polar surface area (TPSA) is 60.5 Å². The molecule has 5 heteroatoms. The summed E-state index contributed by atoms with van der Waals surface area (Å²) in [5, 5.41) is 2.97. The number of amides is 1. The average Bonchev–Trinajstić information content (AvgIpc) is 3.09. The first-order chi connectivity index (χ1) is 11.2. The van der Waals surface area contributed by atoms with Crippen LogP contribution in [0, 0.1) is 0 Å². The van der Waals surface area contributed by atoms with Crippen molar-refractivity contribution >= 4 is 5.91 Å². The van der Waals surface area contributed by atoms with Gasteiger partial charge in [0.15, 0.2) is 0 Å². The monoisotopic (exact) mass is 312 g/mol. The summed E-state index contributed by atoms with van der Waals surface area (Å²) in [6.07, 6.45) is 2.47. The molecule has 0 aliphatic carbocycles. The summed E-state index contributed by atoms with van der Waals surface area (Å²) in [5.41, 5.74) is 1.58. The Morgan fingerprint density at radius 2 is 2.13 bits per heavy atom. The highest BCUT2D eigenvalue weighted by molar-refractivity contribution is 5.94. The Morgan fingerprint density at radius 3 is 2.78 bits per heavy atom. The average molecular weight is 312 g/mol. The Bertz CT molecular complexity index is 637. The number of nitrogens with one attached hydrogen (secondary N) is 1. The molecule has 120 valence electrons. The maximum atomic E-state index is 12.3. The van der Waals surface area contributed by atoms with Crippen LogP contribution in [0.1, 0.15) is 35.3 Å². The third-order valence-electron chi connectivity index (χ3n) is 3.82. The molecule has 0 spiro atoms. The molecule has 1 N–H and O–H groups in total. The summed E-state index contributed by atoms with van der Waals surface area (Å²) >= 11 is 0. The molecule has 1 aliphatic heterocycles. The second kappa shape index (κ2) is 7.24. The van der Waals surface area contributed by atoms with Crippen LogP contribution in [-0.4, -0.2) is 30.2 Å². The number of hydrogen-bond donors (Lipinski definition) is 1. The second-order valence-corrected chi connectivity index (χ2v) is 5.59. The van der Waals surface area contributed by atoms with Gasteiger partial charge in [-0.05, 0) is 18.6 Å². The molecule has 2 atom stereocenters. The van der Waals surface area contributed by atoms with Crippen LogP contribution in [0.15, 0.2) is 48.7 Å². The molecule has 2 heterocycles. The summed E-state index contributed by atoms with van der Waals surface area (Å²) < 4.78 is 11.0. The van der Waals surface area contributed by atoms with Crippen LogP contribution in [0.3, 0.4) is 0 Å². The molecule has 0 radical (unpaired) electrons. The third kappa shape index (κ3) is 4.07. The van der Waals surface area contributed by atoms with Gasteiger partial charge in [0.1, 0.15) is 6.10 Å². The van der Waals surface area contributed by atoms with Gasteiger partial charge in [-0.2, -0.15) is 0 Å². The Labute approximate surface area is 135 Å². The molecular weight excluding hydrogens is 292 g/mol. The fourth-order valence-corrected chi connectivity index (χ4v) is 2.47. The van der Waals surface area contributed by atoms with Gasteiger partial charge in [-0.3, -0.25) is 4.79 Å². The maximum Gasteiger partial charge on any atom is 0.253 e. The van der Waals surface area contributed by atoms with Gasteiger partial charge in [0.25, 0.3) is 5.91 Å². The van der Waals surface area contributed by atoms with Gasteiger partial charge in [0, 0.05) is 18.7 Å². The third-order valence-corrected chi connectivity index (χ3v) is 3.82. The summed E-state index contributed by atoms with van der Waals surface area (Å²) in [6.45, 7) is 3.28. The molecule has 1 saturated heterocycles. The largest absolute Gasteiger partial charge is 0.472 e. The quantitative estimate of drug-likeness (QED) is 0.922. The fourth-order valence-electron chi connectivity index (χ4n) is 2.47. The predicted octanol–water partition coefficient (Wildman–Crippen LogP) is 2.74. The summed E-state index contributed by atoms with van der Waals surface area (Å²) in [6, 6.07) is 13.2. The number of rotatable bonds is 5. The van der Waals surface area contributed by atoms with Crippen molar-refractivity contribution in [3.8, 4) is 5.88 Å². The minimum Gasteiger partial charge on any atom is -0.472 e. The summed E-state index contributed by atoms with van der Waals surface area (Å²) in [7, 11) is 0. The first kappa shape index (κ1) is 15.5. The van der Waals surface area contributed by atoms with Gasteiger partial charge < -0.3 is 14.8 Å². The van der Waals surface area contributed by atoms with Crippen molar-refractivity contribution in [1.29, 1.82) is 0 Å². The van der Waals surface area contributed by atoms with Crippen molar-refractivity contribution in [3.05, 3.63) is 59.8 Å². The molecule has 23 heavy (non-hydrogen) atoms. The van der Waals surface area contributed by atoms with Crippen molar-refractivity contribution in [2.24, 2.45) is 0 Å². The minimum absolute atomic E-state index is 0.0558. The zero-order valence-corrected chi connectivity index (χ0v) is 13.1. The van der Waals surface area contributed by atoms with Gasteiger partial charge >= 0.3 is 0 Å². The van der Waals surface area contributed by atoms with E-state index in [4.69, 9.17) is 9.47 Å². The number of pyridine rings is 1. The van der Waals surface area contributed by atoms with Crippen LogP contribution in [0.4, 0.5) is 0 Å². The van der Waals surface area contributed by atoms with E-state index in [0.29, 0.717) is 18.1 Å². The molecule has 1 aromatic heterocycles. The Morgan fingerprint density at radius 1 is 1.30 bits per heavy atom. The van der Waals surface area contributed by atoms with Crippen LogP contribution in [0.2, 0.25) is 0 Å². The number of ether oxygens (including phenoxy) is 2. The van der Waals surface area contributed by atoms with Crippen LogP contribution in [0.5, 0.6) is 5.88 Å². The maximum absolute atomic E-state index is 12.3. The van der Waals surface area contributed by atoms with E-state index in [1.54, 1.807) is 12.1 Å². The zero-order valence-electron chi connectivity index (χ0n) is 13.1. The molecular formula is C18H20N2O3. The van der Waals surface area contributed by atoms with Crippen LogP contribution >= 0.6 is 0 Å². The summed E-state index contributed by atoms with van der Waals surface area (Å²) in [4.78, 5) is 16.5. The lowest BCUT2D eigenvalue weighted by Gasteiger charge is -2.14. The second-order valence-electron chi connectivity index (χ2n) is 5.59. The molecule has 1 amide bonds. The molecule has 1 aromatic carbocycles. The Hall–Kier alpha value is -2.40. The van der Waals surface area contributed by atoms with E-state index in [1.165, 1.54) is 6.20 Å². The fraction of sp³-hybridized carbons (Fsp3) is 0.333. The van der Waals surface area contributed by atoms with Crippen LogP contribution < -0.4 is 10.1 Å². The number of carbonyl (C=O) groups is 1. The Kier molecular flexibility index (Phi) is 4.88. The van der Waals surface area contributed by atoms with Crippen molar-refractivity contribution in [2.75, 3.05) is 13.2 Å². The number of nitrogens with zero attached hydrogens (tertiary/aromatic N) is 1. The van der Waals surface area contributed by atoms with E-state index in [9.17, 15) is 4.79 Å². The molecule has 0 saturated carbocycles. The van der Waals surface area contributed by atoms with Crippen LogP contribution in [-0.2, 0) is 4.74 Å². The first-order valence-corrected chi connectivity index (χ1v) is 7.78. The lowest BCUT2D eigenvalue weighted by molar-refractivity contribution is 0.0939. The van der Waals surface area contributed by atoms with Gasteiger partial charge in [0.2, 0.25) is 5.88 Å². The zero-order chi connectivity index (χ0) is 16.1. The van der Waals surface area contributed by atoms with Gasteiger partial charge in [-0.1, -0.05) is 30.3 Å². The highest BCUT2D eigenvalue weighted by Crippen LogP contribution is 2.16. The molecule has 5 nitrogen and oxygen atoms in total. The van der Waals surface area contributed by atoms with Crippen molar-refractivity contribution < 1.29 is 14.3 Å². The van der Waals surface area contributed by atoms with E-state index in [-0.39, 0.29) is 18.1 Å². The normalized spacial score (nSPS) is 18.4. The molecule has 1 aliphatic rings. The molecule has 1 fully saturated rings. The predicted molar refractivity (Wildman–Crippen MR) is 86.4 cm³/mol. The lowest BCUT2D eigenvalue weighted by Crippen LogP contribution is -2.26. The molecule has 2 aromatic rings. The van der Waals surface area contributed by atoms with E-state index in [1.807, 2.05) is 37.3 Å². The standard InChI is InChI=1S/C18H20N2O3/c1-13(14-5-3-2-4-6-14)20-18(21)15-7-8-17(19-11-15)23-16-9-10-22-12-16/h2-8,11,13,16H,9-10,12H2,1H3,(H,20,21)/t13-,16+/m1/s1. The van der Waals surface area contributed by atoms with Gasteiger partial charge in [0.05, 0.1) is 24.8 Å². The minimum atomic E-state index is -0.149. The van der Waals surface area contributed by atoms with E-state index < -0.39 is 0 Å². The van der Waals surface area contributed by atoms with Gasteiger partial charge in [-0.25, -0.2) is 4.98 Å². The van der Waals surface area contributed by atoms with E-state index >= 15 is 0 Å². The summed E-state index contributed by atoms with van der Waals surface area (Å²) in [5.74, 6) is 0.373. The lowest BCUT2D eigenvalue weighted by atomic mass is 10.1. The molecule has 3 rings (SSSR count). The number of carbonyl (C=O) groups excluding carboxylic acids is 1. The SMILES string of the molecule is C[C@@H](NC(=O)c1ccc(O[C@H]2CCOC2)nc1)c1ccccc1. The Balaban J connectivity index is 1.59. The number of benzene rings is 1. The van der Waals surface area contributed by atoms with Gasteiger partial charge in [-0.15, -0.1) is 0 Å². The van der Waals surface area contributed by atoms with Crippen molar-refractivity contribution in [3.63, 3.8) is 0 Å². The number of aromatic nitrogens is 1. The van der Waals surface area contributed by atoms with E-state index in [0.717, 1.165) is 18.6 Å². The van der Waals surface area contributed by atoms with Crippen LogP contribution in [0.25, 0.3) is 0 Å². The highest BCUT2D eigenvalue weighted by atomic mass is 16.5. The highest BCUT2D eigenvalue weighted by Gasteiger charge is 2.18. The van der Waals surface area contributed by atoms with Crippen molar-refractivity contribution in [1.82, 2.24) is 10.3 Å². The molecule has 0 unspecified atom stereocenters. The van der Waals surface area contributed by atoms with Crippen molar-refractivity contribution in [2.45, 2.75) is 25.5 Å². The van der Waals surface area contributed by atoms with E-state index in [2.05, 4.69) is 10.3 Å². The molecule has 0 bridgehead atoms. The number of hydrogen-bond acceptors (Lipinski definition) is 4.